The van der Waals surface area contributed by atoms with Crippen LogP contribution in [0.3, 0.4) is 0 Å². The Labute approximate surface area is 70.7 Å². The van der Waals surface area contributed by atoms with Crippen LogP contribution in [0.5, 0.6) is 0 Å². The highest BCUT2D eigenvalue weighted by Crippen LogP contribution is 2.07. The van der Waals surface area contributed by atoms with Crippen molar-refractivity contribution in [1.29, 1.82) is 5.26 Å². The van der Waals surface area contributed by atoms with E-state index < -0.39 is 0 Å². The van der Waals surface area contributed by atoms with E-state index in [0.717, 1.165) is 0 Å². The van der Waals surface area contributed by atoms with Gasteiger partial charge in [0.05, 0.1) is 0 Å². The number of nitrogens with zero attached hydrogens (tertiary/aromatic N) is 1. The van der Waals surface area contributed by atoms with Crippen LogP contribution in [-0.2, 0) is 0 Å². The molecule has 12 heavy (non-hydrogen) atoms. The summed E-state index contributed by atoms with van der Waals surface area (Å²) >= 11 is 0. The standard InChI is InChI=1S/C9H10N2O/c1-6(2)8-5-11-7(4-10)3-9(8)12/h3,5-6H,1-2H3,(H,11,12). The van der Waals surface area contributed by atoms with Crippen LogP contribution in [0.1, 0.15) is 31.0 Å². The summed E-state index contributed by atoms with van der Waals surface area (Å²) in [6.07, 6.45) is 1.60. The summed E-state index contributed by atoms with van der Waals surface area (Å²) in [6.45, 7) is 3.88. The van der Waals surface area contributed by atoms with E-state index in [2.05, 4.69) is 4.98 Å². The van der Waals surface area contributed by atoms with Gasteiger partial charge in [-0.05, 0) is 5.92 Å². The number of aromatic nitrogens is 1. The van der Waals surface area contributed by atoms with Crippen LogP contribution < -0.4 is 5.43 Å². The Hall–Kier alpha value is -1.56. The van der Waals surface area contributed by atoms with Gasteiger partial charge in [0, 0.05) is 17.8 Å². The van der Waals surface area contributed by atoms with Gasteiger partial charge in [0.25, 0.3) is 0 Å². The summed E-state index contributed by atoms with van der Waals surface area (Å²) in [4.78, 5) is 14.0. The van der Waals surface area contributed by atoms with Gasteiger partial charge in [-0.25, -0.2) is 0 Å². The van der Waals surface area contributed by atoms with Crippen LogP contribution in [0, 0.1) is 11.3 Å². The molecule has 0 aliphatic rings. The molecule has 0 saturated carbocycles. The molecule has 0 fully saturated rings. The first kappa shape index (κ1) is 8.54. The number of nitriles is 1. The summed E-state index contributed by atoms with van der Waals surface area (Å²) in [5.74, 6) is 0.196. The number of pyridine rings is 1. The second kappa shape index (κ2) is 3.22. The zero-order valence-electron chi connectivity index (χ0n) is 7.09. The average molecular weight is 162 g/mol. The highest BCUT2D eigenvalue weighted by Gasteiger charge is 2.04. The molecule has 62 valence electrons. The molecule has 0 atom stereocenters. The van der Waals surface area contributed by atoms with Crippen LogP contribution in [0.2, 0.25) is 0 Å². The smallest absolute Gasteiger partial charge is 0.186 e. The van der Waals surface area contributed by atoms with Gasteiger partial charge in [0.1, 0.15) is 11.8 Å². The molecule has 0 aliphatic heterocycles. The fourth-order valence-corrected chi connectivity index (χ4v) is 0.998. The Morgan fingerprint density at radius 3 is 2.67 bits per heavy atom. The maximum Gasteiger partial charge on any atom is 0.186 e. The van der Waals surface area contributed by atoms with Gasteiger partial charge in [0.15, 0.2) is 5.43 Å². The van der Waals surface area contributed by atoms with Crippen molar-refractivity contribution in [1.82, 2.24) is 4.98 Å². The van der Waals surface area contributed by atoms with Gasteiger partial charge in [-0.2, -0.15) is 5.26 Å². The second-order valence-corrected chi connectivity index (χ2v) is 2.93. The quantitative estimate of drug-likeness (QED) is 0.678. The van der Waals surface area contributed by atoms with Gasteiger partial charge in [-0.1, -0.05) is 13.8 Å². The number of aromatic amines is 1. The average Bonchev–Trinajstić information content (AvgIpc) is 2.03. The molecule has 0 bridgehead atoms. The van der Waals surface area contributed by atoms with Crippen molar-refractivity contribution in [3.8, 4) is 6.07 Å². The number of H-pyrrole nitrogens is 1. The van der Waals surface area contributed by atoms with E-state index in [1.165, 1.54) is 6.07 Å². The van der Waals surface area contributed by atoms with Crippen molar-refractivity contribution in [3.63, 3.8) is 0 Å². The molecule has 0 radical (unpaired) electrons. The molecule has 1 aromatic rings. The van der Waals surface area contributed by atoms with Gasteiger partial charge >= 0.3 is 0 Å². The number of nitrogens with one attached hydrogen (secondary N) is 1. The summed E-state index contributed by atoms with van der Waals surface area (Å²) in [7, 11) is 0. The normalized spacial score (nSPS) is 9.83. The lowest BCUT2D eigenvalue weighted by Crippen LogP contribution is -2.10. The number of hydrogen-bond acceptors (Lipinski definition) is 2. The van der Waals surface area contributed by atoms with Crippen molar-refractivity contribution in [2.24, 2.45) is 0 Å². The first-order valence-corrected chi connectivity index (χ1v) is 3.78. The molecule has 1 heterocycles. The highest BCUT2D eigenvalue weighted by atomic mass is 16.1. The molecule has 0 aliphatic carbocycles. The van der Waals surface area contributed by atoms with Crippen LogP contribution in [0.15, 0.2) is 17.1 Å². The van der Waals surface area contributed by atoms with Gasteiger partial charge < -0.3 is 4.98 Å². The summed E-state index contributed by atoms with van der Waals surface area (Å²) in [5.41, 5.74) is 0.957. The van der Waals surface area contributed by atoms with Crippen molar-refractivity contribution in [2.75, 3.05) is 0 Å². The predicted octanol–water partition coefficient (Wildman–Crippen LogP) is 1.37. The minimum Gasteiger partial charge on any atom is -0.353 e. The maximum absolute atomic E-state index is 11.3. The van der Waals surface area contributed by atoms with Crippen LogP contribution >= 0.6 is 0 Å². The van der Waals surface area contributed by atoms with Crippen LogP contribution in [0.4, 0.5) is 0 Å². The minimum absolute atomic E-state index is 0.0692. The molecular formula is C9H10N2O. The van der Waals surface area contributed by atoms with E-state index >= 15 is 0 Å². The van der Waals surface area contributed by atoms with Crippen LogP contribution in [0.25, 0.3) is 0 Å². The third kappa shape index (κ3) is 1.54. The summed E-state index contributed by atoms with van der Waals surface area (Å²) < 4.78 is 0. The van der Waals surface area contributed by atoms with E-state index in [4.69, 9.17) is 5.26 Å². The maximum atomic E-state index is 11.3. The number of hydrogen-bond donors (Lipinski definition) is 1. The van der Waals surface area contributed by atoms with Gasteiger partial charge in [0.2, 0.25) is 0 Å². The van der Waals surface area contributed by atoms with Crippen molar-refractivity contribution >= 4 is 0 Å². The fraction of sp³-hybridized carbons (Fsp3) is 0.333. The third-order valence-electron chi connectivity index (χ3n) is 1.69. The molecular weight excluding hydrogens is 152 g/mol. The summed E-state index contributed by atoms with van der Waals surface area (Å²) in [6, 6.07) is 3.21. The largest absolute Gasteiger partial charge is 0.353 e. The molecule has 1 rings (SSSR count). The second-order valence-electron chi connectivity index (χ2n) is 2.93. The molecule has 0 amide bonds. The highest BCUT2D eigenvalue weighted by molar-refractivity contribution is 5.24. The molecule has 3 heteroatoms. The predicted molar refractivity (Wildman–Crippen MR) is 45.9 cm³/mol. The van der Waals surface area contributed by atoms with E-state index in [1.807, 2.05) is 19.9 Å². The Morgan fingerprint density at radius 1 is 1.58 bits per heavy atom. The van der Waals surface area contributed by atoms with Crippen molar-refractivity contribution in [2.45, 2.75) is 19.8 Å². The summed E-state index contributed by atoms with van der Waals surface area (Å²) in [5, 5.41) is 8.47. The lowest BCUT2D eigenvalue weighted by Gasteiger charge is -2.02. The first-order valence-electron chi connectivity index (χ1n) is 3.78. The topological polar surface area (TPSA) is 56.6 Å². The molecule has 0 spiro atoms. The Kier molecular flexibility index (Phi) is 2.29. The Bertz CT molecular complexity index is 371. The first-order chi connectivity index (χ1) is 5.65. The molecule has 1 aromatic heterocycles. The number of rotatable bonds is 1. The van der Waals surface area contributed by atoms with Gasteiger partial charge in [-0.3, -0.25) is 4.79 Å². The minimum atomic E-state index is -0.0692. The Balaban J connectivity index is 3.24. The van der Waals surface area contributed by atoms with E-state index in [9.17, 15) is 4.79 Å². The van der Waals surface area contributed by atoms with E-state index in [0.29, 0.717) is 11.3 Å². The van der Waals surface area contributed by atoms with Crippen molar-refractivity contribution < 1.29 is 0 Å². The molecule has 0 unspecified atom stereocenters. The Morgan fingerprint density at radius 2 is 2.25 bits per heavy atom. The molecule has 0 saturated heterocycles. The third-order valence-corrected chi connectivity index (χ3v) is 1.69. The van der Waals surface area contributed by atoms with Crippen LogP contribution in [-0.4, -0.2) is 4.98 Å². The zero-order valence-corrected chi connectivity index (χ0v) is 7.09. The molecule has 0 aromatic carbocycles. The van der Waals surface area contributed by atoms with Crippen molar-refractivity contribution in [3.05, 3.63) is 33.7 Å². The SMILES string of the molecule is CC(C)c1c[nH]c(C#N)cc1=O. The fourth-order valence-electron chi connectivity index (χ4n) is 0.998. The van der Waals surface area contributed by atoms with Gasteiger partial charge in [-0.15, -0.1) is 0 Å². The zero-order chi connectivity index (χ0) is 9.14. The molecule has 3 nitrogen and oxygen atoms in total. The monoisotopic (exact) mass is 162 g/mol. The van der Waals surface area contributed by atoms with E-state index in [-0.39, 0.29) is 11.3 Å². The molecule has 1 N–H and O–H groups in total. The lowest BCUT2D eigenvalue weighted by atomic mass is 10.1. The lowest BCUT2D eigenvalue weighted by molar-refractivity contribution is 0.847. The van der Waals surface area contributed by atoms with E-state index in [1.54, 1.807) is 6.20 Å².